The quantitative estimate of drug-likeness (QED) is 0.523. The summed E-state index contributed by atoms with van der Waals surface area (Å²) >= 11 is 7.90. The normalized spacial score (nSPS) is 19.8. The van der Waals surface area contributed by atoms with Crippen molar-refractivity contribution in [1.82, 2.24) is 4.31 Å². The number of nitrogens with one attached hydrogen (secondary N) is 1. The number of nitro groups is 1. The van der Waals surface area contributed by atoms with Crippen LogP contribution >= 0.6 is 23.4 Å². The third kappa shape index (κ3) is 4.28. The van der Waals surface area contributed by atoms with Gasteiger partial charge in [0.1, 0.15) is 4.90 Å². The summed E-state index contributed by atoms with van der Waals surface area (Å²) in [7, 11) is -3.93. The topological polar surface area (TPSA) is 102 Å². The van der Waals surface area contributed by atoms with Gasteiger partial charge < -0.3 is 10.1 Å². The van der Waals surface area contributed by atoms with Gasteiger partial charge >= 0.3 is 0 Å². The van der Waals surface area contributed by atoms with Crippen molar-refractivity contribution in [2.75, 3.05) is 37.4 Å². The zero-order valence-electron chi connectivity index (χ0n) is 15.9. The van der Waals surface area contributed by atoms with Crippen molar-refractivity contribution in [3.05, 3.63) is 57.1 Å². The van der Waals surface area contributed by atoms with E-state index >= 15 is 0 Å². The van der Waals surface area contributed by atoms with E-state index in [1.807, 2.05) is 18.2 Å². The zero-order chi connectivity index (χ0) is 21.3. The molecule has 0 radical (unpaired) electrons. The number of benzene rings is 2. The molecule has 1 atom stereocenters. The minimum atomic E-state index is -3.93. The van der Waals surface area contributed by atoms with Gasteiger partial charge in [-0.3, -0.25) is 10.1 Å². The van der Waals surface area contributed by atoms with Gasteiger partial charge in [0.2, 0.25) is 10.0 Å². The number of ether oxygens (including phenoxy) is 1. The molecule has 2 aromatic rings. The fraction of sp³-hybridized carbons (Fsp3) is 0.368. The highest BCUT2D eigenvalue weighted by atomic mass is 35.5. The van der Waals surface area contributed by atoms with Gasteiger partial charge in [-0.05, 0) is 36.2 Å². The van der Waals surface area contributed by atoms with Crippen LogP contribution < -0.4 is 5.32 Å². The predicted molar refractivity (Wildman–Crippen MR) is 116 cm³/mol. The van der Waals surface area contributed by atoms with Crippen LogP contribution in [-0.4, -0.2) is 49.7 Å². The molecule has 0 unspecified atom stereocenters. The first-order chi connectivity index (χ1) is 14.4. The van der Waals surface area contributed by atoms with Crippen LogP contribution in [0.2, 0.25) is 5.02 Å². The minimum Gasteiger partial charge on any atom is -0.379 e. The largest absolute Gasteiger partial charge is 0.379 e. The summed E-state index contributed by atoms with van der Waals surface area (Å²) in [6, 6.07) is 9.42. The summed E-state index contributed by atoms with van der Waals surface area (Å²) in [4.78, 5) is 11.7. The van der Waals surface area contributed by atoms with E-state index in [0.29, 0.717) is 23.9 Å². The molecular weight excluding hydrogens is 450 g/mol. The predicted octanol–water partition coefficient (Wildman–Crippen LogP) is 3.92. The monoisotopic (exact) mass is 469 g/mol. The molecule has 2 aliphatic rings. The molecule has 2 aromatic carbocycles. The number of thioether (sulfide) groups is 1. The van der Waals surface area contributed by atoms with Crippen molar-refractivity contribution >= 4 is 44.8 Å². The Kier molecular flexibility index (Phi) is 6.21. The fourth-order valence-corrected chi connectivity index (χ4v) is 6.45. The van der Waals surface area contributed by atoms with E-state index in [0.717, 1.165) is 28.7 Å². The first-order valence-corrected chi connectivity index (χ1v) is 12.2. The number of hydrogen-bond acceptors (Lipinski definition) is 7. The van der Waals surface area contributed by atoms with Crippen LogP contribution in [0.4, 0.5) is 11.4 Å². The lowest BCUT2D eigenvalue weighted by Crippen LogP contribution is -2.40. The molecular formula is C19H20ClN3O5S2. The van der Waals surface area contributed by atoms with E-state index in [2.05, 4.69) is 5.32 Å². The number of sulfonamides is 1. The Morgan fingerprint density at radius 2 is 1.97 bits per heavy atom. The van der Waals surface area contributed by atoms with Gasteiger partial charge in [0.15, 0.2) is 0 Å². The highest BCUT2D eigenvalue weighted by Gasteiger charge is 2.31. The number of nitro benzene ring substituents is 1. The van der Waals surface area contributed by atoms with E-state index < -0.39 is 14.9 Å². The molecule has 0 aliphatic carbocycles. The molecule has 0 spiro atoms. The van der Waals surface area contributed by atoms with Crippen molar-refractivity contribution in [3.63, 3.8) is 0 Å². The lowest BCUT2D eigenvalue weighted by molar-refractivity contribution is -0.385. The fourth-order valence-electron chi connectivity index (χ4n) is 3.59. The number of hydrogen-bond donors (Lipinski definition) is 1. The van der Waals surface area contributed by atoms with Crippen molar-refractivity contribution in [2.45, 2.75) is 22.3 Å². The second-order valence-electron chi connectivity index (χ2n) is 6.97. The summed E-state index contributed by atoms with van der Waals surface area (Å²) in [5.41, 5.74) is 1.07. The van der Waals surface area contributed by atoms with E-state index in [-0.39, 0.29) is 29.7 Å². The van der Waals surface area contributed by atoms with Crippen molar-refractivity contribution < 1.29 is 18.1 Å². The maximum absolute atomic E-state index is 13.3. The molecule has 2 heterocycles. The Morgan fingerprint density at radius 1 is 1.20 bits per heavy atom. The third-order valence-electron chi connectivity index (χ3n) is 5.10. The maximum Gasteiger partial charge on any atom is 0.270 e. The van der Waals surface area contributed by atoms with Crippen LogP contribution in [0.15, 0.2) is 46.2 Å². The molecule has 1 saturated heterocycles. The number of nitrogens with zero attached hydrogens (tertiary/aromatic N) is 2. The SMILES string of the molecule is O=[N+]([O-])c1ccc(N[C@@H]2CCSc3ccc(Cl)cc32)c(S(=O)(=O)N2CCOCC2)c1. The minimum absolute atomic E-state index is 0.0968. The Hall–Kier alpha value is -1.85. The number of anilines is 1. The molecule has 1 fully saturated rings. The van der Waals surface area contributed by atoms with Gasteiger partial charge in [0, 0.05) is 40.9 Å². The standard InChI is InChI=1S/C19H20ClN3O5S2/c20-13-1-4-18-15(11-13)16(5-10-29-18)21-17-3-2-14(23(24)25)12-19(17)30(26,27)22-6-8-28-9-7-22/h1-4,11-12,16,21H,5-10H2/t16-/m1/s1. The number of non-ortho nitro benzene ring substituents is 1. The summed E-state index contributed by atoms with van der Waals surface area (Å²) in [6.07, 6.45) is 0.770. The highest BCUT2D eigenvalue weighted by Crippen LogP contribution is 2.40. The zero-order valence-corrected chi connectivity index (χ0v) is 18.3. The van der Waals surface area contributed by atoms with Crippen LogP contribution in [0.3, 0.4) is 0 Å². The van der Waals surface area contributed by atoms with E-state index in [1.165, 1.54) is 16.4 Å². The number of morpholine rings is 1. The molecule has 4 rings (SSSR count). The van der Waals surface area contributed by atoms with Gasteiger partial charge in [-0.2, -0.15) is 4.31 Å². The van der Waals surface area contributed by atoms with Gasteiger partial charge in [0.05, 0.1) is 29.9 Å². The molecule has 0 bridgehead atoms. The summed E-state index contributed by atoms with van der Waals surface area (Å²) in [5, 5.41) is 15.2. The van der Waals surface area contributed by atoms with Gasteiger partial charge in [0.25, 0.3) is 5.69 Å². The lowest BCUT2D eigenvalue weighted by Gasteiger charge is -2.30. The second-order valence-corrected chi connectivity index (χ2v) is 10.4. The molecule has 0 saturated carbocycles. The van der Waals surface area contributed by atoms with Crippen molar-refractivity contribution in [1.29, 1.82) is 0 Å². The molecule has 0 amide bonds. The van der Waals surface area contributed by atoms with Crippen molar-refractivity contribution in [2.24, 2.45) is 0 Å². The Labute approximate surface area is 183 Å². The summed E-state index contributed by atoms with van der Waals surface area (Å²) in [6.45, 7) is 1.01. The van der Waals surface area contributed by atoms with Crippen LogP contribution in [0, 0.1) is 10.1 Å². The van der Waals surface area contributed by atoms with Gasteiger partial charge in [-0.1, -0.05) is 11.6 Å². The average molecular weight is 470 g/mol. The molecule has 1 N–H and O–H groups in total. The van der Waals surface area contributed by atoms with E-state index in [9.17, 15) is 18.5 Å². The van der Waals surface area contributed by atoms with E-state index in [1.54, 1.807) is 11.8 Å². The Balaban J connectivity index is 1.74. The van der Waals surface area contributed by atoms with Crippen LogP contribution in [0.25, 0.3) is 0 Å². The Bertz CT molecular complexity index is 1070. The van der Waals surface area contributed by atoms with E-state index in [4.69, 9.17) is 16.3 Å². The summed E-state index contributed by atoms with van der Waals surface area (Å²) < 4.78 is 33.2. The number of rotatable bonds is 5. The smallest absolute Gasteiger partial charge is 0.270 e. The third-order valence-corrected chi connectivity index (χ3v) is 8.40. The average Bonchev–Trinajstić information content (AvgIpc) is 2.75. The summed E-state index contributed by atoms with van der Waals surface area (Å²) in [5.74, 6) is 0.866. The molecule has 160 valence electrons. The lowest BCUT2D eigenvalue weighted by atomic mass is 10.0. The molecule has 2 aliphatic heterocycles. The first-order valence-electron chi connectivity index (χ1n) is 9.41. The van der Waals surface area contributed by atoms with Crippen LogP contribution in [0.1, 0.15) is 18.0 Å². The van der Waals surface area contributed by atoms with Crippen LogP contribution in [-0.2, 0) is 14.8 Å². The molecule has 30 heavy (non-hydrogen) atoms. The van der Waals surface area contributed by atoms with Crippen LogP contribution in [0.5, 0.6) is 0 Å². The molecule has 8 nitrogen and oxygen atoms in total. The van der Waals surface area contributed by atoms with Gasteiger partial charge in [-0.25, -0.2) is 8.42 Å². The first kappa shape index (κ1) is 21.4. The maximum atomic E-state index is 13.3. The van der Waals surface area contributed by atoms with Gasteiger partial charge in [-0.15, -0.1) is 11.8 Å². The van der Waals surface area contributed by atoms with Crippen molar-refractivity contribution in [3.8, 4) is 0 Å². The highest BCUT2D eigenvalue weighted by molar-refractivity contribution is 7.99. The second kappa shape index (κ2) is 8.72. The Morgan fingerprint density at radius 3 is 2.70 bits per heavy atom. The molecule has 11 heteroatoms. The number of fused-ring (bicyclic) bond motifs is 1. The molecule has 0 aromatic heterocycles. The number of halogens is 1.